The van der Waals surface area contributed by atoms with E-state index in [0.717, 1.165) is 57.6 Å². The standard InChI is InChI=1S/C17H25NO3/c1-2-16(20-7-1)10-18-12-17(13-18)15(6-9-21-17)5-8-19-11-14-3-4-14/h1-2,7,14-15H,3-6,8-13H2/t15-/m1/s1. The molecule has 21 heavy (non-hydrogen) atoms. The van der Waals surface area contributed by atoms with Gasteiger partial charge in [0.15, 0.2) is 0 Å². The maximum atomic E-state index is 6.10. The molecule has 2 saturated heterocycles. The normalized spacial score (nSPS) is 28.1. The van der Waals surface area contributed by atoms with Crippen LogP contribution in [-0.4, -0.2) is 43.4 Å². The van der Waals surface area contributed by atoms with Crippen LogP contribution >= 0.6 is 0 Å². The summed E-state index contributed by atoms with van der Waals surface area (Å²) in [5.41, 5.74) is 0.107. The highest BCUT2D eigenvalue weighted by molar-refractivity contribution is 5.07. The fourth-order valence-corrected chi connectivity index (χ4v) is 3.75. The second kappa shape index (κ2) is 5.75. The predicted molar refractivity (Wildman–Crippen MR) is 78.9 cm³/mol. The van der Waals surface area contributed by atoms with E-state index in [9.17, 15) is 0 Å². The van der Waals surface area contributed by atoms with Gasteiger partial charge in [0.25, 0.3) is 0 Å². The Morgan fingerprint density at radius 3 is 2.95 bits per heavy atom. The molecule has 0 bridgehead atoms. The smallest absolute Gasteiger partial charge is 0.117 e. The van der Waals surface area contributed by atoms with Gasteiger partial charge in [-0.15, -0.1) is 0 Å². The minimum absolute atomic E-state index is 0.107. The quantitative estimate of drug-likeness (QED) is 0.724. The molecule has 3 heterocycles. The van der Waals surface area contributed by atoms with E-state index in [-0.39, 0.29) is 5.60 Å². The third kappa shape index (κ3) is 3.03. The van der Waals surface area contributed by atoms with Crippen molar-refractivity contribution in [2.75, 3.05) is 32.9 Å². The molecule has 1 aliphatic carbocycles. The first kappa shape index (κ1) is 13.8. The summed E-state index contributed by atoms with van der Waals surface area (Å²) in [6.07, 6.45) is 6.84. The van der Waals surface area contributed by atoms with E-state index >= 15 is 0 Å². The van der Waals surface area contributed by atoms with Crippen molar-refractivity contribution in [3.05, 3.63) is 24.2 Å². The molecule has 1 saturated carbocycles. The summed E-state index contributed by atoms with van der Waals surface area (Å²) < 4.78 is 17.3. The minimum atomic E-state index is 0.107. The SMILES string of the molecule is c1coc(CN2CC3(C2)OCC[C@H]3CCOCC2CC2)c1. The monoisotopic (exact) mass is 291 g/mol. The fraction of sp³-hybridized carbons (Fsp3) is 0.765. The lowest BCUT2D eigenvalue weighted by Crippen LogP contribution is -2.64. The van der Waals surface area contributed by atoms with Crippen LogP contribution < -0.4 is 0 Å². The minimum Gasteiger partial charge on any atom is -0.468 e. The van der Waals surface area contributed by atoms with Gasteiger partial charge in [-0.3, -0.25) is 4.90 Å². The zero-order valence-electron chi connectivity index (χ0n) is 12.6. The Morgan fingerprint density at radius 1 is 1.29 bits per heavy atom. The lowest BCUT2D eigenvalue weighted by molar-refractivity contribution is -0.140. The summed E-state index contributed by atoms with van der Waals surface area (Å²) in [6, 6.07) is 4.00. The van der Waals surface area contributed by atoms with Crippen LogP contribution in [0, 0.1) is 11.8 Å². The highest BCUT2D eigenvalue weighted by Gasteiger charge is 2.52. The van der Waals surface area contributed by atoms with E-state index in [1.807, 2.05) is 12.1 Å². The molecule has 1 aromatic rings. The summed E-state index contributed by atoms with van der Waals surface area (Å²) in [6.45, 7) is 5.79. The molecule has 0 amide bonds. The van der Waals surface area contributed by atoms with Gasteiger partial charge in [0.2, 0.25) is 0 Å². The van der Waals surface area contributed by atoms with Gasteiger partial charge in [-0.1, -0.05) is 0 Å². The molecule has 1 atom stereocenters. The third-order valence-corrected chi connectivity index (χ3v) is 5.20. The summed E-state index contributed by atoms with van der Waals surface area (Å²) in [7, 11) is 0. The van der Waals surface area contributed by atoms with Gasteiger partial charge in [0.1, 0.15) is 5.76 Å². The highest BCUT2D eigenvalue weighted by atomic mass is 16.5. The van der Waals surface area contributed by atoms with E-state index in [1.165, 1.54) is 19.3 Å². The maximum Gasteiger partial charge on any atom is 0.117 e. The number of furan rings is 1. The molecule has 0 N–H and O–H groups in total. The summed E-state index contributed by atoms with van der Waals surface area (Å²) in [5, 5.41) is 0. The Bertz CT molecular complexity index is 449. The molecule has 1 aromatic heterocycles. The van der Waals surface area contributed by atoms with E-state index in [2.05, 4.69) is 4.90 Å². The molecule has 2 aliphatic heterocycles. The zero-order chi connectivity index (χ0) is 14.1. The second-order valence-electron chi connectivity index (χ2n) is 6.93. The largest absolute Gasteiger partial charge is 0.468 e. The van der Waals surface area contributed by atoms with Gasteiger partial charge in [0, 0.05) is 32.9 Å². The number of hydrogen-bond acceptors (Lipinski definition) is 4. The van der Waals surface area contributed by atoms with Crippen LogP contribution in [0.5, 0.6) is 0 Å². The van der Waals surface area contributed by atoms with Crippen LogP contribution in [-0.2, 0) is 16.0 Å². The van der Waals surface area contributed by atoms with Crippen LogP contribution in [0.4, 0.5) is 0 Å². The summed E-state index contributed by atoms with van der Waals surface area (Å²) >= 11 is 0. The third-order valence-electron chi connectivity index (χ3n) is 5.20. The van der Waals surface area contributed by atoms with E-state index in [4.69, 9.17) is 13.9 Å². The van der Waals surface area contributed by atoms with Crippen LogP contribution in [0.15, 0.2) is 22.8 Å². The van der Waals surface area contributed by atoms with Crippen molar-refractivity contribution < 1.29 is 13.9 Å². The molecule has 0 unspecified atom stereocenters. The van der Waals surface area contributed by atoms with Crippen molar-refractivity contribution in [3.63, 3.8) is 0 Å². The van der Waals surface area contributed by atoms with Crippen LogP contribution in [0.1, 0.15) is 31.4 Å². The molecule has 116 valence electrons. The van der Waals surface area contributed by atoms with Gasteiger partial charge in [-0.05, 0) is 49.7 Å². The predicted octanol–water partition coefficient (Wildman–Crippen LogP) is 2.69. The van der Waals surface area contributed by atoms with E-state index in [1.54, 1.807) is 6.26 Å². The number of nitrogens with zero attached hydrogens (tertiary/aromatic N) is 1. The second-order valence-corrected chi connectivity index (χ2v) is 6.93. The van der Waals surface area contributed by atoms with Crippen molar-refractivity contribution in [2.45, 2.75) is 37.8 Å². The summed E-state index contributed by atoms with van der Waals surface area (Å²) in [5.74, 6) is 2.59. The molecule has 4 rings (SSSR count). The van der Waals surface area contributed by atoms with Crippen LogP contribution in [0.3, 0.4) is 0 Å². The van der Waals surface area contributed by atoms with Crippen LogP contribution in [0.25, 0.3) is 0 Å². The Kier molecular flexibility index (Phi) is 3.78. The molecule has 0 radical (unpaired) electrons. The average molecular weight is 291 g/mol. The molecule has 3 fully saturated rings. The van der Waals surface area contributed by atoms with Gasteiger partial charge < -0.3 is 13.9 Å². The summed E-state index contributed by atoms with van der Waals surface area (Å²) in [4.78, 5) is 2.42. The van der Waals surface area contributed by atoms with Crippen molar-refractivity contribution >= 4 is 0 Å². The molecule has 1 spiro atoms. The Labute approximate surface area is 126 Å². The van der Waals surface area contributed by atoms with Crippen molar-refractivity contribution in [3.8, 4) is 0 Å². The fourth-order valence-electron chi connectivity index (χ4n) is 3.75. The molecule has 4 nitrogen and oxygen atoms in total. The van der Waals surface area contributed by atoms with Gasteiger partial charge in [-0.25, -0.2) is 0 Å². The number of hydrogen-bond donors (Lipinski definition) is 0. The average Bonchev–Trinajstić information content (AvgIpc) is 2.96. The van der Waals surface area contributed by atoms with Crippen molar-refractivity contribution in [1.82, 2.24) is 4.90 Å². The number of likely N-dealkylation sites (tertiary alicyclic amines) is 1. The zero-order valence-corrected chi connectivity index (χ0v) is 12.6. The van der Waals surface area contributed by atoms with Crippen molar-refractivity contribution in [1.29, 1.82) is 0 Å². The molecular weight excluding hydrogens is 266 g/mol. The topological polar surface area (TPSA) is 34.8 Å². The first-order valence-electron chi connectivity index (χ1n) is 8.30. The number of ether oxygens (including phenoxy) is 2. The lowest BCUT2D eigenvalue weighted by Gasteiger charge is -2.50. The Hall–Kier alpha value is -0.840. The van der Waals surface area contributed by atoms with Gasteiger partial charge in [0.05, 0.1) is 18.4 Å². The van der Waals surface area contributed by atoms with E-state index in [0.29, 0.717) is 5.92 Å². The first-order chi connectivity index (χ1) is 10.3. The molecule has 3 aliphatic rings. The molecular formula is C17H25NO3. The van der Waals surface area contributed by atoms with Crippen LogP contribution in [0.2, 0.25) is 0 Å². The first-order valence-corrected chi connectivity index (χ1v) is 8.30. The lowest BCUT2D eigenvalue weighted by atomic mass is 9.79. The highest BCUT2D eigenvalue weighted by Crippen LogP contribution is 2.42. The Morgan fingerprint density at radius 2 is 2.19 bits per heavy atom. The van der Waals surface area contributed by atoms with E-state index < -0.39 is 0 Å². The molecule has 0 aromatic carbocycles. The van der Waals surface area contributed by atoms with Crippen molar-refractivity contribution in [2.24, 2.45) is 11.8 Å². The molecule has 4 heteroatoms. The maximum absolute atomic E-state index is 6.10. The van der Waals surface area contributed by atoms with Gasteiger partial charge in [-0.2, -0.15) is 0 Å². The Balaban J connectivity index is 1.22. The number of rotatable bonds is 7. The van der Waals surface area contributed by atoms with Gasteiger partial charge >= 0.3 is 0 Å².